The van der Waals surface area contributed by atoms with Crippen molar-refractivity contribution in [1.82, 2.24) is 14.8 Å². The Balaban J connectivity index is 1.83. The Kier molecular flexibility index (Phi) is 4.14. The normalized spacial score (nSPS) is 19.1. The van der Waals surface area contributed by atoms with E-state index in [1.54, 1.807) is 11.8 Å². The van der Waals surface area contributed by atoms with Gasteiger partial charge >= 0.3 is 0 Å². The number of ketones is 1. The highest BCUT2D eigenvalue weighted by Gasteiger charge is 2.36. The molecule has 136 valence electrons. The first-order chi connectivity index (χ1) is 12.6. The number of nitrogens with one attached hydrogen (secondary N) is 1. The molecule has 0 amide bonds. The molecule has 1 aliphatic carbocycles. The van der Waals surface area contributed by atoms with Gasteiger partial charge in [0.05, 0.1) is 13.2 Å². The number of carbonyl (C=O) groups excluding carboxylic acids is 1. The van der Waals surface area contributed by atoms with E-state index in [4.69, 9.17) is 9.47 Å². The molecular formula is C19H22N4O3. The molecule has 2 aromatic rings. The van der Waals surface area contributed by atoms with Crippen molar-refractivity contribution in [3.8, 4) is 11.5 Å². The number of rotatable bonds is 4. The zero-order valence-corrected chi connectivity index (χ0v) is 15.2. The molecule has 2 aliphatic rings. The van der Waals surface area contributed by atoms with Crippen LogP contribution in [0, 0.1) is 0 Å². The fraction of sp³-hybridized carbons (Fsp3) is 0.421. The van der Waals surface area contributed by atoms with Crippen molar-refractivity contribution in [3.05, 3.63) is 41.4 Å². The number of hydrogen-bond acceptors (Lipinski definition) is 6. The Morgan fingerprint density at radius 2 is 2.12 bits per heavy atom. The smallest absolute Gasteiger partial charge is 0.226 e. The van der Waals surface area contributed by atoms with Crippen LogP contribution in [0.15, 0.2) is 35.8 Å². The van der Waals surface area contributed by atoms with Crippen LogP contribution in [0.1, 0.15) is 44.7 Å². The van der Waals surface area contributed by atoms with Crippen molar-refractivity contribution < 1.29 is 14.3 Å². The molecule has 1 aromatic heterocycles. The Labute approximate surface area is 152 Å². The van der Waals surface area contributed by atoms with Gasteiger partial charge in [0, 0.05) is 17.7 Å². The molecule has 0 radical (unpaired) electrons. The second kappa shape index (κ2) is 6.48. The van der Waals surface area contributed by atoms with E-state index in [1.807, 2.05) is 32.0 Å². The molecule has 4 rings (SSSR count). The molecule has 0 spiro atoms. The fourth-order valence-electron chi connectivity index (χ4n) is 3.61. The van der Waals surface area contributed by atoms with Gasteiger partial charge < -0.3 is 14.8 Å². The van der Waals surface area contributed by atoms with Crippen molar-refractivity contribution in [2.75, 3.05) is 12.4 Å². The number of allylic oxidation sites excluding steroid dienone is 2. The number of carbonyl (C=O) groups is 1. The maximum absolute atomic E-state index is 12.7. The minimum Gasteiger partial charge on any atom is -0.493 e. The summed E-state index contributed by atoms with van der Waals surface area (Å²) in [5.41, 5.74) is 2.65. The van der Waals surface area contributed by atoms with E-state index >= 15 is 0 Å². The second-order valence-electron chi connectivity index (χ2n) is 6.80. The average molecular weight is 354 g/mol. The molecule has 26 heavy (non-hydrogen) atoms. The Bertz CT molecular complexity index is 885. The lowest BCUT2D eigenvalue weighted by Crippen LogP contribution is -2.31. The summed E-state index contributed by atoms with van der Waals surface area (Å²) in [4.78, 5) is 17.0. The van der Waals surface area contributed by atoms with Crippen molar-refractivity contribution >= 4 is 11.7 Å². The van der Waals surface area contributed by atoms with Crippen molar-refractivity contribution in [2.45, 2.75) is 45.3 Å². The van der Waals surface area contributed by atoms with Crippen LogP contribution in [-0.4, -0.2) is 33.8 Å². The maximum atomic E-state index is 12.7. The topological polar surface area (TPSA) is 78.3 Å². The second-order valence-corrected chi connectivity index (χ2v) is 6.80. The Hall–Kier alpha value is -2.83. The monoisotopic (exact) mass is 354 g/mol. The summed E-state index contributed by atoms with van der Waals surface area (Å²) in [5.74, 6) is 2.14. The number of fused-ring (bicyclic) bond motifs is 1. The summed E-state index contributed by atoms with van der Waals surface area (Å²) in [7, 11) is 1.62. The van der Waals surface area contributed by atoms with Crippen LogP contribution in [-0.2, 0) is 4.79 Å². The SMILES string of the molecule is COc1cc(C2C3=C(CCCC3=O)Nc3ncnn32)ccc1OC(C)C. The summed E-state index contributed by atoms with van der Waals surface area (Å²) in [6, 6.07) is 5.47. The molecule has 7 nitrogen and oxygen atoms in total. The predicted octanol–water partition coefficient (Wildman–Crippen LogP) is 3.10. The number of anilines is 1. The van der Waals surface area contributed by atoms with Crippen LogP contribution in [0.4, 0.5) is 5.95 Å². The minimum atomic E-state index is -0.307. The zero-order chi connectivity index (χ0) is 18.3. The van der Waals surface area contributed by atoms with E-state index < -0.39 is 0 Å². The number of benzene rings is 1. The third kappa shape index (κ3) is 2.73. The van der Waals surface area contributed by atoms with E-state index in [1.165, 1.54) is 6.33 Å². The Morgan fingerprint density at radius 3 is 2.88 bits per heavy atom. The maximum Gasteiger partial charge on any atom is 0.226 e. The van der Waals surface area contributed by atoms with Crippen LogP contribution in [0.2, 0.25) is 0 Å². The molecule has 1 aliphatic heterocycles. The molecular weight excluding hydrogens is 332 g/mol. The highest BCUT2D eigenvalue weighted by atomic mass is 16.5. The van der Waals surface area contributed by atoms with Gasteiger partial charge in [-0.05, 0) is 44.4 Å². The zero-order valence-electron chi connectivity index (χ0n) is 15.2. The fourth-order valence-corrected chi connectivity index (χ4v) is 3.61. The summed E-state index contributed by atoms with van der Waals surface area (Å²) < 4.78 is 13.1. The molecule has 1 aromatic carbocycles. The lowest BCUT2D eigenvalue weighted by Gasteiger charge is -2.32. The highest BCUT2D eigenvalue weighted by molar-refractivity contribution is 5.99. The summed E-state index contributed by atoms with van der Waals surface area (Å²) >= 11 is 0. The number of aromatic nitrogens is 3. The summed E-state index contributed by atoms with van der Waals surface area (Å²) in [6.07, 6.45) is 3.81. The van der Waals surface area contributed by atoms with Gasteiger partial charge in [-0.25, -0.2) is 4.68 Å². The molecule has 2 heterocycles. The van der Waals surface area contributed by atoms with Gasteiger partial charge in [0.25, 0.3) is 0 Å². The molecule has 0 saturated carbocycles. The molecule has 7 heteroatoms. The van der Waals surface area contributed by atoms with Gasteiger partial charge in [0.15, 0.2) is 17.3 Å². The molecule has 0 fully saturated rings. The number of hydrogen-bond donors (Lipinski definition) is 1. The quantitative estimate of drug-likeness (QED) is 0.909. The molecule has 1 N–H and O–H groups in total. The molecule has 0 saturated heterocycles. The van der Waals surface area contributed by atoms with Gasteiger partial charge in [0.2, 0.25) is 5.95 Å². The average Bonchev–Trinajstić information content (AvgIpc) is 3.08. The molecule has 1 atom stereocenters. The Morgan fingerprint density at radius 1 is 1.27 bits per heavy atom. The first-order valence-electron chi connectivity index (χ1n) is 8.86. The van der Waals surface area contributed by atoms with Gasteiger partial charge in [-0.1, -0.05) is 6.07 Å². The number of methoxy groups -OCH3 is 1. The van der Waals surface area contributed by atoms with E-state index in [-0.39, 0.29) is 17.9 Å². The molecule has 0 bridgehead atoms. The van der Waals surface area contributed by atoms with E-state index in [0.29, 0.717) is 23.9 Å². The highest BCUT2D eigenvalue weighted by Crippen LogP contribution is 2.41. The van der Waals surface area contributed by atoms with Crippen molar-refractivity contribution in [2.24, 2.45) is 0 Å². The van der Waals surface area contributed by atoms with Crippen molar-refractivity contribution in [3.63, 3.8) is 0 Å². The lowest BCUT2D eigenvalue weighted by atomic mass is 9.85. The van der Waals surface area contributed by atoms with Crippen LogP contribution in [0.5, 0.6) is 11.5 Å². The summed E-state index contributed by atoms with van der Waals surface area (Å²) in [5, 5.41) is 7.62. The first-order valence-corrected chi connectivity index (χ1v) is 8.86. The van der Waals surface area contributed by atoms with Crippen LogP contribution in [0.25, 0.3) is 0 Å². The van der Waals surface area contributed by atoms with Gasteiger partial charge in [0.1, 0.15) is 12.4 Å². The number of ether oxygens (including phenoxy) is 2. The first kappa shape index (κ1) is 16.6. The third-order valence-electron chi connectivity index (χ3n) is 4.68. The van der Waals surface area contributed by atoms with E-state index in [0.717, 1.165) is 29.7 Å². The number of Topliss-reactive ketones (excluding diaryl/α,β-unsaturated/α-hetero) is 1. The molecule has 1 unspecified atom stereocenters. The van der Waals surface area contributed by atoms with Crippen LogP contribution < -0.4 is 14.8 Å². The van der Waals surface area contributed by atoms with Crippen molar-refractivity contribution in [1.29, 1.82) is 0 Å². The number of nitrogens with zero attached hydrogens (tertiary/aromatic N) is 3. The minimum absolute atomic E-state index is 0.0461. The summed E-state index contributed by atoms with van der Waals surface area (Å²) in [6.45, 7) is 3.94. The predicted molar refractivity (Wildman–Crippen MR) is 96.4 cm³/mol. The third-order valence-corrected chi connectivity index (χ3v) is 4.68. The largest absolute Gasteiger partial charge is 0.493 e. The van der Waals surface area contributed by atoms with Gasteiger partial charge in [-0.15, -0.1) is 0 Å². The van der Waals surface area contributed by atoms with Crippen LogP contribution in [0.3, 0.4) is 0 Å². The van der Waals surface area contributed by atoms with Crippen LogP contribution >= 0.6 is 0 Å². The lowest BCUT2D eigenvalue weighted by molar-refractivity contribution is -0.116. The van der Waals surface area contributed by atoms with E-state index in [9.17, 15) is 4.79 Å². The van der Waals surface area contributed by atoms with Gasteiger partial charge in [-0.3, -0.25) is 4.79 Å². The van der Waals surface area contributed by atoms with E-state index in [2.05, 4.69) is 15.4 Å². The van der Waals surface area contributed by atoms with Gasteiger partial charge in [-0.2, -0.15) is 10.1 Å². The standard InChI is InChI=1S/C19H22N4O3/c1-11(2)26-15-8-7-12(9-16(15)25-3)18-17-13(5-4-6-14(17)24)22-19-20-10-21-23(18)19/h7-11,18H,4-6H2,1-3H3,(H,20,21,22).